The van der Waals surface area contributed by atoms with Crippen molar-refractivity contribution in [2.45, 2.75) is 18.8 Å². The molecule has 7 heteroatoms. The molecule has 25 heavy (non-hydrogen) atoms. The second kappa shape index (κ2) is 5.35. The summed E-state index contributed by atoms with van der Waals surface area (Å²) in [4.78, 5) is 16.0. The van der Waals surface area contributed by atoms with Gasteiger partial charge in [-0.1, -0.05) is 18.2 Å². The van der Waals surface area contributed by atoms with Crippen LogP contribution in [0.2, 0.25) is 0 Å². The Morgan fingerprint density at radius 1 is 1.16 bits per heavy atom. The maximum absolute atomic E-state index is 12.0. The molecule has 1 N–H and O–H groups in total. The van der Waals surface area contributed by atoms with Gasteiger partial charge in [-0.05, 0) is 30.5 Å². The minimum absolute atomic E-state index is 0.347. The number of hydrogen-bond acceptors (Lipinski definition) is 4. The van der Waals surface area contributed by atoms with Crippen LogP contribution in [0, 0.1) is 0 Å². The first kappa shape index (κ1) is 14.5. The first-order valence-electron chi connectivity index (χ1n) is 8.08. The van der Waals surface area contributed by atoms with Gasteiger partial charge in [0.15, 0.2) is 16.0 Å². The van der Waals surface area contributed by atoms with Gasteiger partial charge in [0.05, 0.1) is 11.7 Å². The minimum atomic E-state index is -1.58. The van der Waals surface area contributed by atoms with Gasteiger partial charge in [0, 0.05) is 34.8 Å². The van der Waals surface area contributed by atoms with Crippen molar-refractivity contribution in [3.05, 3.63) is 54.5 Å². The van der Waals surface area contributed by atoms with Crippen LogP contribution in [0.5, 0.6) is 0 Å². The van der Waals surface area contributed by atoms with E-state index in [0.717, 1.165) is 27.7 Å². The lowest BCUT2D eigenvalue weighted by molar-refractivity contribution is -0.114. The van der Waals surface area contributed by atoms with Crippen molar-refractivity contribution < 1.29 is 9.00 Å². The molecule has 1 unspecified atom stereocenters. The average Bonchev–Trinajstić information content (AvgIpc) is 3.30. The molecule has 1 atom stereocenters. The quantitative estimate of drug-likeness (QED) is 0.788. The largest absolute Gasteiger partial charge is 0.269 e. The fourth-order valence-electron chi connectivity index (χ4n) is 3.14. The van der Waals surface area contributed by atoms with Crippen LogP contribution in [0.15, 0.2) is 48.8 Å². The number of pyridine rings is 1. The third-order valence-corrected chi connectivity index (χ3v) is 5.61. The molecule has 1 saturated carbocycles. The van der Waals surface area contributed by atoms with Crippen LogP contribution in [0.1, 0.15) is 24.5 Å². The summed E-state index contributed by atoms with van der Waals surface area (Å²) < 4.78 is 15.9. The summed E-state index contributed by atoms with van der Waals surface area (Å²) >= 11 is 0. The Hall–Kier alpha value is -2.80. The Balaban J connectivity index is 1.62. The number of aromatic nitrogens is 3. The van der Waals surface area contributed by atoms with Crippen molar-refractivity contribution >= 4 is 32.8 Å². The molecule has 1 aliphatic carbocycles. The molecule has 0 radical (unpaired) electrons. The third-order valence-electron chi connectivity index (χ3n) is 4.55. The van der Waals surface area contributed by atoms with E-state index in [2.05, 4.69) is 26.9 Å². The summed E-state index contributed by atoms with van der Waals surface area (Å²) in [5.74, 6) is 0.259. The molecule has 2 aromatic heterocycles. The highest BCUT2D eigenvalue weighted by Gasteiger charge is 2.25. The zero-order valence-electron chi connectivity index (χ0n) is 13.2. The number of fused-ring (bicyclic) bond motifs is 1. The third kappa shape index (κ3) is 2.39. The monoisotopic (exact) mass is 350 g/mol. The second-order valence-corrected chi connectivity index (χ2v) is 7.42. The van der Waals surface area contributed by atoms with Crippen LogP contribution in [-0.2, 0) is 15.8 Å². The molecular formula is C18H14N4O2S. The second-order valence-electron chi connectivity index (χ2n) is 6.26. The summed E-state index contributed by atoms with van der Waals surface area (Å²) in [5.41, 5.74) is 4.00. The Labute approximate surface area is 146 Å². The van der Waals surface area contributed by atoms with Gasteiger partial charge in [-0.3, -0.25) is 14.5 Å². The van der Waals surface area contributed by atoms with E-state index in [1.807, 2.05) is 24.4 Å². The summed E-state index contributed by atoms with van der Waals surface area (Å²) in [6.45, 7) is 0. The molecule has 1 aliphatic heterocycles. The molecule has 1 aromatic carbocycles. The van der Waals surface area contributed by atoms with Gasteiger partial charge in [0.2, 0.25) is 0 Å². The molecule has 1 amide bonds. The summed E-state index contributed by atoms with van der Waals surface area (Å²) in [6, 6.07) is 10.0. The Bertz CT molecular complexity index is 1060. The van der Waals surface area contributed by atoms with E-state index in [1.165, 1.54) is 18.9 Å². The Kier molecular flexibility index (Phi) is 3.11. The first-order valence-corrected chi connectivity index (χ1v) is 9.23. The number of carbonyl (C=O) groups excluding carboxylic acids is 1. The van der Waals surface area contributed by atoms with Crippen LogP contribution in [0.4, 0.5) is 0 Å². The van der Waals surface area contributed by atoms with Crippen LogP contribution in [0.3, 0.4) is 0 Å². The molecule has 3 heterocycles. The Morgan fingerprint density at radius 2 is 2.04 bits per heavy atom. The van der Waals surface area contributed by atoms with E-state index in [-0.39, 0.29) is 5.91 Å². The number of nitrogens with one attached hydrogen (secondary N) is 1. The molecular weight excluding hydrogens is 336 g/mol. The predicted molar refractivity (Wildman–Crippen MR) is 95.5 cm³/mol. The van der Waals surface area contributed by atoms with Gasteiger partial charge in [-0.15, -0.1) is 0 Å². The van der Waals surface area contributed by atoms with E-state index >= 15 is 0 Å². The van der Waals surface area contributed by atoms with E-state index in [1.54, 1.807) is 10.9 Å². The van der Waals surface area contributed by atoms with Gasteiger partial charge in [0.1, 0.15) is 0 Å². The fraction of sp³-hybridized carbons (Fsp3) is 0.167. The highest BCUT2D eigenvalue weighted by molar-refractivity contribution is 7.93. The van der Waals surface area contributed by atoms with Crippen LogP contribution in [0.25, 0.3) is 27.1 Å². The van der Waals surface area contributed by atoms with E-state index < -0.39 is 11.0 Å². The number of amides is 1. The van der Waals surface area contributed by atoms with Crippen molar-refractivity contribution in [2.24, 2.45) is 0 Å². The van der Waals surface area contributed by atoms with Gasteiger partial charge in [0.25, 0.3) is 5.91 Å². The highest BCUT2D eigenvalue weighted by atomic mass is 32.2. The molecule has 0 saturated heterocycles. The summed E-state index contributed by atoms with van der Waals surface area (Å²) in [7, 11) is -1.58. The zero-order valence-corrected chi connectivity index (χ0v) is 14.0. The number of nitrogens with zero attached hydrogens (tertiary/aromatic N) is 3. The molecule has 6 nitrogen and oxygen atoms in total. The number of rotatable bonds is 3. The van der Waals surface area contributed by atoms with E-state index in [4.69, 9.17) is 0 Å². The zero-order chi connectivity index (χ0) is 17.0. The van der Waals surface area contributed by atoms with Gasteiger partial charge in [-0.2, -0.15) is 5.10 Å². The van der Waals surface area contributed by atoms with Gasteiger partial charge >= 0.3 is 0 Å². The standard InChI is InChI=1S/C18H14N4O2S/c23-17-8-18(25(24)21-17)22-16-3-1-2-13(14(16)10-20-22)12-6-7-15(19-9-12)11-4-5-11/h1-3,6-11H,4-5H2,(H,21,23). The lowest BCUT2D eigenvalue weighted by atomic mass is 10.0. The molecule has 0 spiro atoms. The number of benzene rings is 1. The predicted octanol–water partition coefficient (Wildman–Crippen LogP) is 2.57. The van der Waals surface area contributed by atoms with Crippen LogP contribution >= 0.6 is 0 Å². The molecule has 0 bridgehead atoms. The lowest BCUT2D eigenvalue weighted by Crippen LogP contribution is -2.17. The maximum Gasteiger partial charge on any atom is 0.258 e. The lowest BCUT2D eigenvalue weighted by Gasteiger charge is -2.06. The molecule has 124 valence electrons. The van der Waals surface area contributed by atoms with Gasteiger partial charge < -0.3 is 0 Å². The average molecular weight is 350 g/mol. The number of hydrogen-bond donors (Lipinski definition) is 1. The van der Waals surface area contributed by atoms with Crippen LogP contribution in [-0.4, -0.2) is 24.9 Å². The smallest absolute Gasteiger partial charge is 0.258 e. The van der Waals surface area contributed by atoms with Crippen molar-refractivity contribution in [3.8, 4) is 11.1 Å². The minimum Gasteiger partial charge on any atom is -0.269 e. The topological polar surface area (TPSA) is 76.9 Å². The SMILES string of the molecule is O=C1C=C(n2ncc3c(-c4ccc(C5CC5)nc4)cccc32)S(=O)N1. The van der Waals surface area contributed by atoms with Crippen LogP contribution < -0.4 is 4.72 Å². The van der Waals surface area contributed by atoms with Gasteiger partial charge in [-0.25, -0.2) is 8.89 Å². The molecule has 5 rings (SSSR count). The van der Waals surface area contributed by atoms with E-state index in [0.29, 0.717) is 10.9 Å². The molecule has 1 fully saturated rings. The fourth-order valence-corrected chi connectivity index (χ4v) is 4.00. The molecule has 2 aliphatic rings. The first-order chi connectivity index (χ1) is 12.2. The highest BCUT2D eigenvalue weighted by Crippen LogP contribution is 2.39. The Morgan fingerprint density at radius 3 is 2.72 bits per heavy atom. The summed E-state index contributed by atoms with van der Waals surface area (Å²) in [6.07, 6.45) is 7.42. The number of carbonyl (C=O) groups is 1. The summed E-state index contributed by atoms with van der Waals surface area (Å²) in [5, 5.41) is 5.62. The molecule has 3 aromatic rings. The maximum atomic E-state index is 12.0. The van der Waals surface area contributed by atoms with E-state index in [9.17, 15) is 9.00 Å². The van der Waals surface area contributed by atoms with Crippen molar-refractivity contribution in [3.63, 3.8) is 0 Å². The van der Waals surface area contributed by atoms with Crippen molar-refractivity contribution in [2.75, 3.05) is 0 Å². The van der Waals surface area contributed by atoms with Crippen molar-refractivity contribution in [1.82, 2.24) is 19.5 Å². The normalized spacial score (nSPS) is 19.9. The van der Waals surface area contributed by atoms with Crippen molar-refractivity contribution in [1.29, 1.82) is 0 Å².